The van der Waals surface area contributed by atoms with Gasteiger partial charge in [0.15, 0.2) is 0 Å². The van der Waals surface area contributed by atoms with Crippen LogP contribution in [-0.2, 0) is 0 Å². The number of benzene rings is 1. The van der Waals surface area contributed by atoms with Gasteiger partial charge in [0, 0.05) is 5.56 Å². The van der Waals surface area contributed by atoms with Crippen molar-refractivity contribution in [2.45, 2.75) is 0 Å². The average Bonchev–Trinajstić information content (AvgIpc) is 2.03. The number of carbonyl (C=O) groups is 1. The van der Waals surface area contributed by atoms with Gasteiger partial charge in [-0.25, -0.2) is 21.2 Å². The lowest BCUT2D eigenvalue weighted by Gasteiger charge is -2.08. The quantitative estimate of drug-likeness (QED) is 0.353. The summed E-state index contributed by atoms with van der Waals surface area (Å²) in [4.78, 5) is 11.0. The minimum absolute atomic E-state index is 0.125. The van der Waals surface area contributed by atoms with E-state index < -0.39 is 11.7 Å². The van der Waals surface area contributed by atoms with Crippen LogP contribution in [-0.4, -0.2) is 11.0 Å². The maximum absolute atomic E-state index is 12.5. The van der Waals surface area contributed by atoms with Crippen molar-refractivity contribution >= 4 is 5.91 Å². The smallest absolute Gasteiger partial charge is 0.266 e. The van der Waals surface area contributed by atoms with Crippen molar-refractivity contribution in [1.82, 2.24) is 5.12 Å². The third-order valence-electron chi connectivity index (χ3n) is 1.31. The Morgan fingerprint density at radius 3 is 2.58 bits per heavy atom. The van der Waals surface area contributed by atoms with E-state index in [1.165, 1.54) is 18.2 Å². The van der Waals surface area contributed by atoms with Gasteiger partial charge in [0.1, 0.15) is 5.82 Å². The molecule has 4 nitrogen and oxygen atoms in total. The summed E-state index contributed by atoms with van der Waals surface area (Å²) >= 11 is 0. The van der Waals surface area contributed by atoms with E-state index in [1.807, 2.05) is 0 Å². The van der Waals surface area contributed by atoms with E-state index in [0.717, 1.165) is 6.07 Å². The molecule has 0 aliphatic heterocycles. The minimum atomic E-state index is -0.630. The van der Waals surface area contributed by atoms with Gasteiger partial charge >= 0.3 is 0 Å². The van der Waals surface area contributed by atoms with E-state index in [-0.39, 0.29) is 5.56 Å². The topological polar surface area (TPSA) is 72.3 Å². The molecule has 0 radical (unpaired) electrons. The molecule has 0 unspecified atom stereocenters. The number of hydrogen-bond acceptors (Lipinski definition) is 3. The highest BCUT2D eigenvalue weighted by Crippen LogP contribution is 2.03. The number of amides is 1. The van der Waals surface area contributed by atoms with Crippen LogP contribution >= 0.6 is 0 Å². The Morgan fingerprint density at radius 2 is 2.08 bits per heavy atom. The molecule has 1 aromatic rings. The normalized spacial score (nSPS) is 9.58. The zero-order valence-electron chi connectivity index (χ0n) is 6.20. The molecule has 64 valence electrons. The molecule has 1 amide bonds. The largest absolute Gasteiger partial charge is 0.282 e. The Labute approximate surface area is 68.5 Å². The van der Waals surface area contributed by atoms with Gasteiger partial charge in [-0.3, -0.25) is 4.79 Å². The van der Waals surface area contributed by atoms with Crippen molar-refractivity contribution in [2.75, 3.05) is 0 Å². The maximum atomic E-state index is 12.5. The predicted molar refractivity (Wildman–Crippen MR) is 40.9 cm³/mol. The Morgan fingerprint density at radius 1 is 1.42 bits per heavy atom. The molecule has 1 aromatic carbocycles. The van der Waals surface area contributed by atoms with Crippen LogP contribution < -0.4 is 11.7 Å². The highest BCUT2D eigenvalue weighted by molar-refractivity contribution is 5.93. The van der Waals surface area contributed by atoms with Gasteiger partial charge in [0.25, 0.3) is 5.91 Å². The monoisotopic (exact) mass is 169 g/mol. The highest BCUT2D eigenvalue weighted by Gasteiger charge is 2.08. The zero-order chi connectivity index (χ0) is 9.14. The Bertz CT molecular complexity index is 300. The third kappa shape index (κ3) is 1.77. The molecule has 0 aliphatic rings. The molecule has 0 spiro atoms. The lowest BCUT2D eigenvalue weighted by atomic mass is 10.2. The molecule has 0 bridgehead atoms. The molecular formula is C7H8FN3O. The van der Waals surface area contributed by atoms with Gasteiger partial charge in [-0.15, -0.1) is 0 Å². The average molecular weight is 169 g/mol. The fraction of sp³-hybridized carbons (Fsp3) is 0. The van der Waals surface area contributed by atoms with Crippen molar-refractivity contribution < 1.29 is 9.18 Å². The molecule has 0 heterocycles. The van der Waals surface area contributed by atoms with Crippen LogP contribution in [0.15, 0.2) is 24.3 Å². The van der Waals surface area contributed by atoms with Crippen molar-refractivity contribution in [2.24, 2.45) is 11.7 Å². The molecular weight excluding hydrogens is 161 g/mol. The lowest BCUT2D eigenvalue weighted by molar-refractivity contribution is 0.0755. The van der Waals surface area contributed by atoms with Crippen LogP contribution in [0.2, 0.25) is 0 Å². The van der Waals surface area contributed by atoms with E-state index in [2.05, 4.69) is 0 Å². The number of carbonyl (C=O) groups excluding carboxylic acids is 1. The van der Waals surface area contributed by atoms with Gasteiger partial charge in [-0.2, -0.15) is 0 Å². The van der Waals surface area contributed by atoms with Crippen molar-refractivity contribution in [3.63, 3.8) is 0 Å². The maximum Gasteiger partial charge on any atom is 0.282 e. The van der Waals surface area contributed by atoms with E-state index in [1.54, 1.807) is 0 Å². The second kappa shape index (κ2) is 3.29. The molecule has 0 saturated carbocycles. The molecule has 5 heteroatoms. The Kier molecular flexibility index (Phi) is 2.37. The van der Waals surface area contributed by atoms with Crippen molar-refractivity contribution in [1.29, 1.82) is 0 Å². The van der Waals surface area contributed by atoms with Crippen molar-refractivity contribution in [3.8, 4) is 0 Å². The number of halogens is 1. The summed E-state index contributed by atoms with van der Waals surface area (Å²) in [5.74, 6) is 8.79. The first-order valence-electron chi connectivity index (χ1n) is 3.20. The lowest BCUT2D eigenvalue weighted by Crippen LogP contribution is -2.43. The predicted octanol–water partition coefficient (Wildman–Crippen LogP) is 0.0153. The number of nitrogens with zero attached hydrogens (tertiary/aromatic N) is 1. The summed E-state index contributed by atoms with van der Waals surface area (Å²) in [7, 11) is 0. The van der Waals surface area contributed by atoms with Gasteiger partial charge in [0.2, 0.25) is 0 Å². The molecule has 0 aromatic heterocycles. The number of hydrazine groups is 2. The highest BCUT2D eigenvalue weighted by atomic mass is 19.1. The second-order valence-corrected chi connectivity index (χ2v) is 2.22. The van der Waals surface area contributed by atoms with E-state index >= 15 is 0 Å². The van der Waals surface area contributed by atoms with Gasteiger partial charge in [0.05, 0.1) is 0 Å². The number of hydrogen-bond donors (Lipinski definition) is 2. The molecule has 0 aliphatic carbocycles. The summed E-state index contributed by atoms with van der Waals surface area (Å²) in [6, 6.07) is 5.13. The fourth-order valence-corrected chi connectivity index (χ4v) is 0.771. The first-order chi connectivity index (χ1) is 5.61. The third-order valence-corrected chi connectivity index (χ3v) is 1.31. The van der Waals surface area contributed by atoms with Crippen LogP contribution in [0.25, 0.3) is 0 Å². The minimum Gasteiger partial charge on any atom is -0.266 e. The summed E-state index contributed by atoms with van der Waals surface area (Å²) in [6.45, 7) is 0. The van der Waals surface area contributed by atoms with E-state index in [9.17, 15) is 9.18 Å². The fourth-order valence-electron chi connectivity index (χ4n) is 0.771. The molecule has 12 heavy (non-hydrogen) atoms. The molecule has 4 N–H and O–H groups in total. The second-order valence-electron chi connectivity index (χ2n) is 2.22. The zero-order valence-corrected chi connectivity index (χ0v) is 6.20. The van der Waals surface area contributed by atoms with Crippen LogP contribution in [0.3, 0.4) is 0 Å². The number of nitrogens with two attached hydrogens (primary N) is 2. The first-order valence-corrected chi connectivity index (χ1v) is 3.20. The number of rotatable bonds is 1. The van der Waals surface area contributed by atoms with Gasteiger partial charge in [-0.1, -0.05) is 6.07 Å². The van der Waals surface area contributed by atoms with Crippen LogP contribution in [0.4, 0.5) is 4.39 Å². The Balaban J connectivity index is 2.96. The van der Waals surface area contributed by atoms with Crippen LogP contribution in [0.5, 0.6) is 0 Å². The Hall–Kier alpha value is -1.46. The first kappa shape index (κ1) is 8.63. The van der Waals surface area contributed by atoms with Crippen LogP contribution in [0, 0.1) is 5.82 Å². The molecule has 0 fully saturated rings. The van der Waals surface area contributed by atoms with E-state index in [4.69, 9.17) is 11.7 Å². The SMILES string of the molecule is NN(N)C(=O)c1cccc(F)c1. The summed E-state index contributed by atoms with van der Waals surface area (Å²) in [6.07, 6.45) is 0. The standard InChI is InChI=1S/C7H8FN3O/c8-6-3-1-2-5(4-6)7(12)11(9)10/h1-4H,9-10H2. The van der Waals surface area contributed by atoms with Crippen molar-refractivity contribution in [3.05, 3.63) is 35.6 Å². The van der Waals surface area contributed by atoms with E-state index in [0.29, 0.717) is 5.12 Å². The summed E-state index contributed by atoms with van der Waals surface area (Å²) in [5.41, 5.74) is 0.125. The van der Waals surface area contributed by atoms with Gasteiger partial charge < -0.3 is 0 Å². The van der Waals surface area contributed by atoms with Crippen LogP contribution in [0.1, 0.15) is 10.4 Å². The molecule has 1 rings (SSSR count). The summed E-state index contributed by atoms with van der Waals surface area (Å²) in [5, 5.41) is 0.411. The summed E-state index contributed by atoms with van der Waals surface area (Å²) < 4.78 is 12.5. The van der Waals surface area contributed by atoms with Gasteiger partial charge in [-0.05, 0) is 18.2 Å². The molecule has 0 atom stereocenters. The molecule has 0 saturated heterocycles.